The first-order chi connectivity index (χ1) is 8.13. The van der Waals surface area contributed by atoms with E-state index in [0.717, 1.165) is 0 Å². The molecule has 0 aromatic heterocycles. The molecule has 0 aromatic carbocycles. The van der Waals surface area contributed by atoms with Crippen molar-refractivity contribution >= 4 is 23.7 Å². The van der Waals surface area contributed by atoms with E-state index >= 15 is 0 Å². The van der Waals surface area contributed by atoms with Gasteiger partial charge < -0.3 is 32.3 Å². The van der Waals surface area contributed by atoms with Gasteiger partial charge >= 0.3 is 17.9 Å². The van der Waals surface area contributed by atoms with Gasteiger partial charge in [-0.05, 0) is 6.42 Å². The number of rotatable bonds is 5. The van der Waals surface area contributed by atoms with Gasteiger partial charge in [-0.1, -0.05) is 13.3 Å². The van der Waals surface area contributed by atoms with Crippen LogP contribution in [0.15, 0.2) is 0 Å². The van der Waals surface area contributed by atoms with E-state index in [-0.39, 0.29) is 12.6 Å². The van der Waals surface area contributed by atoms with Gasteiger partial charge in [0.2, 0.25) is 5.60 Å². The predicted molar refractivity (Wildman–Crippen MR) is 61.8 cm³/mol. The van der Waals surface area contributed by atoms with Crippen molar-refractivity contribution in [3.05, 3.63) is 0 Å². The van der Waals surface area contributed by atoms with Crippen LogP contribution in [0.1, 0.15) is 19.8 Å². The lowest BCUT2D eigenvalue weighted by Crippen LogP contribution is -2.49. The van der Waals surface area contributed by atoms with Gasteiger partial charge in [-0.15, -0.1) is 0 Å². The summed E-state index contributed by atoms with van der Waals surface area (Å²) < 4.78 is 0. The predicted octanol–water partition coefficient (Wildman–Crippen LogP) is -1.55. The quantitative estimate of drug-likeness (QED) is 0.252. The molecule has 0 saturated carbocycles. The normalized spacial score (nSPS) is 11.9. The molecule has 9 N–H and O–H groups in total. The van der Waals surface area contributed by atoms with Crippen molar-refractivity contribution in [3.63, 3.8) is 0 Å². The van der Waals surface area contributed by atoms with Gasteiger partial charge in [0, 0.05) is 0 Å². The fourth-order valence-corrected chi connectivity index (χ4v) is 0.896. The highest BCUT2D eigenvalue weighted by Gasteiger charge is 2.41. The maximum absolute atomic E-state index is 10.9. The van der Waals surface area contributed by atoms with Crippen molar-refractivity contribution in [3.8, 4) is 0 Å². The van der Waals surface area contributed by atoms with Crippen LogP contribution < -0.4 is 11.9 Å². The first kappa shape index (κ1) is 22.2. The van der Waals surface area contributed by atoms with Crippen molar-refractivity contribution in [1.82, 2.24) is 6.15 Å². The summed E-state index contributed by atoms with van der Waals surface area (Å²) in [7, 11) is 0. The number of aliphatic carboxylic acids is 3. The van der Waals surface area contributed by atoms with Crippen LogP contribution in [0.4, 0.5) is 0 Å². The van der Waals surface area contributed by atoms with Crippen molar-refractivity contribution in [1.29, 1.82) is 0 Å². The maximum Gasteiger partial charge on any atom is 0.414 e. The Morgan fingerprint density at radius 1 is 1.05 bits per heavy atom. The molecule has 0 spiro atoms. The third-order valence-electron chi connectivity index (χ3n) is 1.80. The number of hydrogen-bond acceptors (Lipinski definition) is 7. The minimum Gasteiger partial charge on any atom is -0.479 e. The van der Waals surface area contributed by atoms with E-state index in [0.29, 0.717) is 6.42 Å². The topological polar surface area (TPSA) is 210 Å². The second-order valence-electron chi connectivity index (χ2n) is 3.15. The Labute approximate surface area is 108 Å². The number of carbonyl (C=O) groups excluding carboxylic acids is 1. The van der Waals surface area contributed by atoms with Gasteiger partial charge in [0.05, 0.1) is 6.54 Å². The summed E-state index contributed by atoms with van der Waals surface area (Å²) in [6, 6.07) is 0. The molecule has 0 aliphatic carbocycles. The summed E-state index contributed by atoms with van der Waals surface area (Å²) in [6.07, 6.45) is 0.312. The van der Waals surface area contributed by atoms with Crippen LogP contribution >= 0.6 is 0 Å². The van der Waals surface area contributed by atoms with Gasteiger partial charge in [0.1, 0.15) is 0 Å². The van der Waals surface area contributed by atoms with Crippen molar-refractivity contribution in [2.75, 3.05) is 6.54 Å². The van der Waals surface area contributed by atoms with Crippen LogP contribution in [0.2, 0.25) is 0 Å². The van der Waals surface area contributed by atoms with Crippen molar-refractivity contribution < 1.29 is 39.6 Å². The highest BCUT2D eigenvalue weighted by molar-refractivity contribution is 6.27. The molecular weight excluding hydrogens is 264 g/mol. The zero-order valence-corrected chi connectivity index (χ0v) is 10.3. The van der Waals surface area contributed by atoms with E-state index in [1.54, 1.807) is 6.92 Å². The Hall–Kier alpha value is -2.04. The highest BCUT2D eigenvalue weighted by Crippen LogP contribution is 2.13. The summed E-state index contributed by atoms with van der Waals surface area (Å²) in [5, 5.41) is 32.6. The van der Waals surface area contributed by atoms with E-state index in [2.05, 4.69) is 0 Å². The highest BCUT2D eigenvalue weighted by atomic mass is 16.4. The zero-order valence-electron chi connectivity index (χ0n) is 10.3. The number of Topliss-reactive ketones (excluding diaryl/α,β-unsaturated/α-hetero) is 1. The molecule has 0 bridgehead atoms. The second-order valence-corrected chi connectivity index (χ2v) is 3.15. The van der Waals surface area contributed by atoms with E-state index in [4.69, 9.17) is 30.6 Å². The third-order valence-corrected chi connectivity index (χ3v) is 1.80. The monoisotopic (exact) mass is 282 g/mol. The summed E-state index contributed by atoms with van der Waals surface area (Å²) >= 11 is 0. The molecule has 0 radical (unpaired) electrons. The van der Waals surface area contributed by atoms with Crippen molar-refractivity contribution in [2.45, 2.75) is 25.4 Å². The smallest absolute Gasteiger partial charge is 0.414 e. The second kappa shape index (κ2) is 9.94. The van der Waals surface area contributed by atoms with Gasteiger partial charge in [-0.3, -0.25) is 4.79 Å². The molecular formula is C9H18N2O8. The van der Waals surface area contributed by atoms with Crippen LogP contribution in [-0.4, -0.2) is 56.3 Å². The van der Waals surface area contributed by atoms with Crippen LogP contribution in [-0.2, 0) is 19.2 Å². The average molecular weight is 282 g/mol. The van der Waals surface area contributed by atoms with Crippen molar-refractivity contribution in [2.24, 2.45) is 5.73 Å². The van der Waals surface area contributed by atoms with E-state index in [1.165, 1.54) is 0 Å². The molecule has 0 heterocycles. The molecule has 0 saturated heterocycles. The number of ketones is 1. The maximum atomic E-state index is 10.9. The summed E-state index contributed by atoms with van der Waals surface area (Å²) in [4.78, 5) is 39.6. The number of hydrogen-bond donors (Lipinski definition) is 6. The van der Waals surface area contributed by atoms with Gasteiger partial charge in [-0.2, -0.15) is 0 Å². The summed E-state index contributed by atoms with van der Waals surface area (Å²) in [6.45, 7) is 1.22. The fraction of sp³-hybridized carbons (Fsp3) is 0.556. The Kier molecular flexibility index (Phi) is 11.6. The Morgan fingerprint density at radius 2 is 1.42 bits per heavy atom. The first-order valence-electron chi connectivity index (χ1n) is 4.78. The fourth-order valence-electron chi connectivity index (χ4n) is 0.896. The Morgan fingerprint density at radius 3 is 1.58 bits per heavy atom. The zero-order chi connectivity index (χ0) is 14.9. The lowest BCUT2D eigenvalue weighted by molar-refractivity contribution is -0.165. The molecule has 10 nitrogen and oxygen atoms in total. The standard InChI is InChI=1S/C7H13NO4.C2H2O4.H3N/c1-2-3-7(12,6(10)11)5(9)4-8;3-1(4)2(5)6;/h12H,2-4,8H2,1H3,(H,10,11);(H,3,4)(H,5,6);1H3. The summed E-state index contributed by atoms with van der Waals surface area (Å²) in [5.74, 6) is -6.03. The molecule has 0 aromatic rings. The lowest BCUT2D eigenvalue weighted by atomic mass is 9.93. The molecule has 0 amide bonds. The largest absolute Gasteiger partial charge is 0.479 e. The number of aliphatic hydroxyl groups is 1. The third kappa shape index (κ3) is 7.81. The van der Waals surface area contributed by atoms with Crippen LogP contribution in [0.5, 0.6) is 0 Å². The number of carbonyl (C=O) groups is 4. The van der Waals surface area contributed by atoms with E-state index < -0.39 is 35.8 Å². The Balaban J connectivity index is -0.000000313. The van der Waals surface area contributed by atoms with Crippen LogP contribution in [0.3, 0.4) is 0 Å². The molecule has 112 valence electrons. The SMILES string of the molecule is CCCC(O)(C(=O)O)C(=O)CN.N.O=C(O)C(=O)O. The minimum atomic E-state index is -2.29. The molecule has 0 rings (SSSR count). The number of carboxylic acid groups (broad SMARTS) is 3. The Bertz CT molecular complexity index is 331. The minimum absolute atomic E-state index is 0. The molecule has 10 heteroatoms. The van der Waals surface area contributed by atoms with Gasteiger partial charge in [-0.25, -0.2) is 14.4 Å². The molecule has 0 aliphatic rings. The van der Waals surface area contributed by atoms with Gasteiger partial charge in [0.25, 0.3) is 0 Å². The lowest BCUT2D eigenvalue weighted by Gasteiger charge is -2.19. The molecule has 1 atom stereocenters. The van der Waals surface area contributed by atoms with Gasteiger partial charge in [0.15, 0.2) is 5.78 Å². The van der Waals surface area contributed by atoms with E-state index in [9.17, 15) is 14.7 Å². The molecule has 1 unspecified atom stereocenters. The van der Waals surface area contributed by atoms with E-state index in [1.807, 2.05) is 0 Å². The number of nitrogens with two attached hydrogens (primary N) is 1. The average Bonchev–Trinajstić information content (AvgIpc) is 2.28. The molecule has 0 fully saturated rings. The van der Waals surface area contributed by atoms with Crippen LogP contribution in [0, 0.1) is 0 Å². The summed E-state index contributed by atoms with van der Waals surface area (Å²) in [5.41, 5.74) is 2.67. The first-order valence-corrected chi connectivity index (χ1v) is 4.78. The van der Waals surface area contributed by atoms with Crippen LogP contribution in [0.25, 0.3) is 0 Å². The molecule has 19 heavy (non-hydrogen) atoms. The molecule has 0 aliphatic heterocycles. The number of carboxylic acids is 3.